The van der Waals surface area contributed by atoms with E-state index < -0.39 is 24.6 Å². The molecule has 2 N–H and O–H groups in total. The Labute approximate surface area is 113 Å². The molecule has 0 saturated carbocycles. The number of carbonyl (C=O) groups excluding carboxylic acids is 2. The molecule has 0 aliphatic heterocycles. The predicted molar refractivity (Wildman–Crippen MR) is 63.4 cm³/mol. The molecule has 8 heteroatoms. The summed E-state index contributed by atoms with van der Waals surface area (Å²) in [4.78, 5) is 22.6. The fourth-order valence-corrected chi connectivity index (χ4v) is 1.32. The van der Waals surface area contributed by atoms with E-state index in [0.717, 1.165) is 13.2 Å². The maximum atomic E-state index is 12.0. The highest BCUT2D eigenvalue weighted by atomic mass is 19.3. The van der Waals surface area contributed by atoms with Gasteiger partial charge in [-0.1, -0.05) is 6.07 Å². The van der Waals surface area contributed by atoms with Crippen LogP contribution in [0.25, 0.3) is 0 Å². The lowest BCUT2D eigenvalue weighted by molar-refractivity contribution is -0.149. The molecule has 0 radical (unpaired) electrons. The summed E-state index contributed by atoms with van der Waals surface area (Å²) in [5.41, 5.74) is 0.0558. The van der Waals surface area contributed by atoms with Crippen molar-refractivity contribution in [2.45, 2.75) is 12.7 Å². The number of nitrogens with one attached hydrogen (secondary N) is 1. The molecule has 1 amide bonds. The fourth-order valence-electron chi connectivity index (χ4n) is 1.32. The van der Waals surface area contributed by atoms with Crippen molar-refractivity contribution >= 4 is 11.9 Å². The van der Waals surface area contributed by atoms with Crippen LogP contribution in [0.5, 0.6) is 5.75 Å². The minimum Gasteiger partial charge on any atom is -0.467 e. The summed E-state index contributed by atoms with van der Waals surface area (Å²) in [6, 6.07) is 5.12. The zero-order chi connectivity index (χ0) is 15.1. The highest BCUT2D eigenvalue weighted by Gasteiger charge is 2.17. The first-order valence-corrected chi connectivity index (χ1v) is 5.53. The van der Waals surface area contributed by atoms with Gasteiger partial charge in [-0.3, -0.25) is 4.79 Å². The molecule has 0 saturated heterocycles. The topological polar surface area (TPSA) is 84.9 Å². The van der Waals surface area contributed by atoms with Crippen LogP contribution in [0.1, 0.15) is 10.4 Å². The summed E-state index contributed by atoms with van der Waals surface area (Å²) in [6.07, 6.45) is -1.50. The van der Waals surface area contributed by atoms with Crippen LogP contribution in [0, 0.1) is 0 Å². The Morgan fingerprint density at radius 2 is 2.10 bits per heavy atom. The largest absolute Gasteiger partial charge is 0.467 e. The number of benzene rings is 1. The first kappa shape index (κ1) is 15.8. The Morgan fingerprint density at radius 3 is 2.70 bits per heavy atom. The number of esters is 1. The number of hydrogen-bond donors (Lipinski definition) is 2. The summed E-state index contributed by atoms with van der Waals surface area (Å²) < 4.78 is 32.5. The van der Waals surface area contributed by atoms with Crippen LogP contribution < -0.4 is 10.1 Å². The second kappa shape index (κ2) is 7.39. The van der Waals surface area contributed by atoms with Crippen LogP contribution in [-0.2, 0) is 9.53 Å². The molecule has 0 fully saturated rings. The van der Waals surface area contributed by atoms with Crippen LogP contribution in [-0.4, -0.2) is 43.4 Å². The number of halogens is 2. The van der Waals surface area contributed by atoms with E-state index in [0.29, 0.717) is 0 Å². The molecule has 1 atom stereocenters. The molecule has 6 nitrogen and oxygen atoms in total. The lowest BCUT2D eigenvalue weighted by Crippen LogP contribution is -2.37. The van der Waals surface area contributed by atoms with Crippen molar-refractivity contribution in [3.05, 3.63) is 29.8 Å². The molecule has 110 valence electrons. The van der Waals surface area contributed by atoms with E-state index in [9.17, 15) is 23.5 Å². The monoisotopic (exact) mass is 289 g/mol. The zero-order valence-corrected chi connectivity index (χ0v) is 10.5. The van der Waals surface area contributed by atoms with E-state index in [4.69, 9.17) is 0 Å². The molecular weight excluding hydrogens is 276 g/mol. The van der Waals surface area contributed by atoms with Crippen LogP contribution in [0.4, 0.5) is 8.78 Å². The highest BCUT2D eigenvalue weighted by molar-refractivity contribution is 5.94. The zero-order valence-electron chi connectivity index (χ0n) is 10.5. The highest BCUT2D eigenvalue weighted by Crippen LogP contribution is 2.15. The van der Waals surface area contributed by atoms with Gasteiger partial charge in [0.25, 0.3) is 5.91 Å². The van der Waals surface area contributed by atoms with Gasteiger partial charge in [-0.05, 0) is 18.2 Å². The quantitative estimate of drug-likeness (QED) is 0.747. The molecule has 0 heterocycles. The van der Waals surface area contributed by atoms with Gasteiger partial charge in [0.15, 0.2) is 6.10 Å². The van der Waals surface area contributed by atoms with Gasteiger partial charge in [0.2, 0.25) is 0 Å². The number of methoxy groups -OCH3 is 1. The van der Waals surface area contributed by atoms with Crippen LogP contribution >= 0.6 is 0 Å². The number of alkyl halides is 2. The number of aliphatic hydroxyl groups is 1. The van der Waals surface area contributed by atoms with E-state index in [1.54, 1.807) is 0 Å². The number of carbonyl (C=O) groups is 2. The summed E-state index contributed by atoms with van der Waals surface area (Å²) in [6.45, 7) is -3.35. The van der Waals surface area contributed by atoms with Crippen LogP contribution in [0.2, 0.25) is 0 Å². The van der Waals surface area contributed by atoms with E-state index in [-0.39, 0.29) is 17.9 Å². The van der Waals surface area contributed by atoms with Gasteiger partial charge in [-0.25, -0.2) is 4.79 Å². The lowest BCUT2D eigenvalue weighted by atomic mass is 10.2. The standard InChI is InChI=1S/C12H13F2NO5/c1-19-11(18)9(16)6-15-10(17)7-3-2-4-8(5-7)20-12(13)14/h2-5,9,12,16H,6H2,1H3,(H,15,17). The van der Waals surface area contributed by atoms with Crippen molar-refractivity contribution in [3.8, 4) is 5.75 Å². The van der Waals surface area contributed by atoms with Crippen LogP contribution in [0.3, 0.4) is 0 Å². The maximum Gasteiger partial charge on any atom is 0.387 e. The van der Waals surface area contributed by atoms with E-state index in [1.165, 1.54) is 18.2 Å². The van der Waals surface area contributed by atoms with E-state index >= 15 is 0 Å². The van der Waals surface area contributed by atoms with Crippen molar-refractivity contribution in [1.29, 1.82) is 0 Å². The van der Waals surface area contributed by atoms with Crippen molar-refractivity contribution in [2.75, 3.05) is 13.7 Å². The Balaban J connectivity index is 2.61. The maximum absolute atomic E-state index is 12.0. The summed E-state index contributed by atoms with van der Waals surface area (Å²) in [5, 5.41) is 11.5. The number of hydrogen-bond acceptors (Lipinski definition) is 5. The molecular formula is C12H13F2NO5. The predicted octanol–water partition coefficient (Wildman–Crippen LogP) is 0.552. The van der Waals surface area contributed by atoms with Gasteiger partial charge in [0, 0.05) is 5.56 Å². The number of amides is 1. The first-order chi connectivity index (χ1) is 9.43. The van der Waals surface area contributed by atoms with E-state index in [2.05, 4.69) is 14.8 Å². The molecule has 0 spiro atoms. The SMILES string of the molecule is COC(=O)C(O)CNC(=O)c1cccc(OC(F)F)c1. The minimum atomic E-state index is -2.99. The van der Waals surface area contributed by atoms with Gasteiger partial charge >= 0.3 is 12.6 Å². The molecule has 20 heavy (non-hydrogen) atoms. The third-order valence-corrected chi connectivity index (χ3v) is 2.25. The first-order valence-electron chi connectivity index (χ1n) is 5.53. The van der Waals surface area contributed by atoms with Gasteiger partial charge in [0.05, 0.1) is 13.7 Å². The van der Waals surface area contributed by atoms with Crippen molar-refractivity contribution < 1.29 is 33.0 Å². The second-order valence-corrected chi connectivity index (χ2v) is 3.66. The Bertz CT molecular complexity index is 481. The summed E-state index contributed by atoms with van der Waals surface area (Å²) in [5.74, 6) is -1.70. The third kappa shape index (κ3) is 4.81. The number of ether oxygens (including phenoxy) is 2. The normalized spacial score (nSPS) is 11.8. The minimum absolute atomic E-state index is 0.0558. The molecule has 0 aliphatic rings. The van der Waals surface area contributed by atoms with Crippen molar-refractivity contribution in [2.24, 2.45) is 0 Å². The second-order valence-electron chi connectivity index (χ2n) is 3.66. The van der Waals surface area contributed by atoms with Gasteiger partial charge < -0.3 is 19.9 Å². The third-order valence-electron chi connectivity index (χ3n) is 2.25. The number of rotatable bonds is 6. The molecule has 1 rings (SSSR count). The average molecular weight is 289 g/mol. The summed E-state index contributed by atoms with van der Waals surface area (Å²) in [7, 11) is 1.10. The average Bonchev–Trinajstić information content (AvgIpc) is 2.43. The molecule has 0 aliphatic carbocycles. The Hall–Kier alpha value is -2.22. The van der Waals surface area contributed by atoms with Crippen molar-refractivity contribution in [3.63, 3.8) is 0 Å². The molecule has 1 aromatic carbocycles. The van der Waals surface area contributed by atoms with Gasteiger partial charge in [-0.15, -0.1) is 0 Å². The Morgan fingerprint density at radius 1 is 1.40 bits per heavy atom. The fraction of sp³-hybridized carbons (Fsp3) is 0.333. The van der Waals surface area contributed by atoms with Crippen LogP contribution in [0.15, 0.2) is 24.3 Å². The van der Waals surface area contributed by atoms with Crippen molar-refractivity contribution in [1.82, 2.24) is 5.32 Å². The molecule has 0 bridgehead atoms. The van der Waals surface area contributed by atoms with Gasteiger partial charge in [0.1, 0.15) is 5.75 Å². The molecule has 0 aromatic heterocycles. The Kier molecular flexibility index (Phi) is 5.85. The molecule has 1 unspecified atom stereocenters. The smallest absolute Gasteiger partial charge is 0.387 e. The lowest BCUT2D eigenvalue weighted by Gasteiger charge is -2.10. The molecule has 1 aromatic rings. The van der Waals surface area contributed by atoms with E-state index in [1.807, 2.05) is 0 Å². The van der Waals surface area contributed by atoms with Gasteiger partial charge in [-0.2, -0.15) is 8.78 Å². The summed E-state index contributed by atoms with van der Waals surface area (Å²) >= 11 is 0. The number of aliphatic hydroxyl groups excluding tert-OH is 1.